The van der Waals surface area contributed by atoms with E-state index < -0.39 is 5.60 Å². The summed E-state index contributed by atoms with van der Waals surface area (Å²) in [5.41, 5.74) is 3.24. The standard InChI is InChI=1S/C28H29ClN2O3/c1-33-25-11-4-12-26-22(25)19-20(21-8-5-15-30-27(21)34-26)7-6-16-31-17-13-28(32,14-18-31)23-9-2-3-10-24(23)29/h2-5,7-12,15,32H,6,13-14,16-19H2,1H3/b20-7-. The van der Waals surface area contributed by atoms with Crippen LogP contribution >= 0.6 is 11.6 Å². The van der Waals surface area contributed by atoms with Crippen molar-refractivity contribution in [2.45, 2.75) is 31.3 Å². The van der Waals surface area contributed by atoms with Gasteiger partial charge in [-0.2, -0.15) is 0 Å². The first kappa shape index (κ1) is 22.9. The third-order valence-electron chi connectivity index (χ3n) is 6.90. The quantitative estimate of drug-likeness (QED) is 0.500. The van der Waals surface area contributed by atoms with E-state index in [0.29, 0.717) is 23.7 Å². The summed E-state index contributed by atoms with van der Waals surface area (Å²) in [6.07, 6.45) is 7.04. The first-order valence-corrected chi connectivity index (χ1v) is 12.1. The topological polar surface area (TPSA) is 54.8 Å². The van der Waals surface area contributed by atoms with E-state index in [2.05, 4.69) is 22.0 Å². The van der Waals surface area contributed by atoms with Crippen LogP contribution in [-0.4, -0.2) is 41.7 Å². The lowest BCUT2D eigenvalue weighted by molar-refractivity contribution is -0.0253. The number of hydrogen-bond acceptors (Lipinski definition) is 5. The average molecular weight is 477 g/mol. The molecule has 0 saturated carbocycles. The van der Waals surface area contributed by atoms with Crippen LogP contribution in [0.2, 0.25) is 5.02 Å². The van der Waals surface area contributed by atoms with Crippen LogP contribution in [0.15, 0.2) is 66.9 Å². The van der Waals surface area contributed by atoms with Gasteiger partial charge in [0.05, 0.1) is 12.7 Å². The molecule has 0 unspecified atom stereocenters. The minimum Gasteiger partial charge on any atom is -0.496 e. The normalized spacial score (nSPS) is 18.5. The molecule has 0 aliphatic carbocycles. The Labute approximate surface area is 205 Å². The second-order valence-corrected chi connectivity index (χ2v) is 9.35. The van der Waals surface area contributed by atoms with Gasteiger partial charge in [-0.3, -0.25) is 0 Å². The number of likely N-dealkylation sites (tertiary alicyclic amines) is 1. The number of ether oxygens (including phenoxy) is 2. The number of aliphatic hydroxyl groups is 1. The maximum atomic E-state index is 11.2. The van der Waals surface area contributed by atoms with Crippen LogP contribution in [0.4, 0.5) is 0 Å². The van der Waals surface area contributed by atoms with E-state index in [4.69, 9.17) is 21.1 Å². The number of aromatic nitrogens is 1. The number of methoxy groups -OCH3 is 1. The Bertz CT molecular complexity index is 1200. The molecule has 0 bridgehead atoms. The summed E-state index contributed by atoms with van der Waals surface area (Å²) < 4.78 is 11.8. The summed E-state index contributed by atoms with van der Waals surface area (Å²) in [6.45, 7) is 2.60. The van der Waals surface area contributed by atoms with Crippen LogP contribution in [0, 0.1) is 0 Å². The van der Waals surface area contributed by atoms with Gasteiger partial charge in [0.15, 0.2) is 0 Å². The van der Waals surface area contributed by atoms with Gasteiger partial charge in [0.2, 0.25) is 5.88 Å². The number of allylic oxidation sites excluding steroid dienone is 1. The molecule has 0 spiro atoms. The van der Waals surface area contributed by atoms with Gasteiger partial charge in [0.1, 0.15) is 11.5 Å². The number of pyridine rings is 1. The second-order valence-electron chi connectivity index (χ2n) is 8.94. The fourth-order valence-electron chi connectivity index (χ4n) is 4.97. The van der Waals surface area contributed by atoms with Crippen LogP contribution in [0.1, 0.15) is 36.0 Å². The monoisotopic (exact) mass is 476 g/mol. The molecule has 176 valence electrons. The first-order chi connectivity index (χ1) is 16.6. The molecule has 1 N–H and O–H groups in total. The van der Waals surface area contributed by atoms with Crippen LogP contribution in [0.25, 0.3) is 5.57 Å². The Morgan fingerprint density at radius 1 is 1.12 bits per heavy atom. The molecule has 2 aromatic carbocycles. The summed E-state index contributed by atoms with van der Waals surface area (Å²) >= 11 is 6.36. The molecule has 5 nitrogen and oxygen atoms in total. The SMILES string of the molecule is COc1cccc2c1C/C(=C/CCN1CCC(O)(c3ccccc3Cl)CC1)c1cccnc1O2. The molecule has 3 heterocycles. The zero-order valence-electron chi connectivity index (χ0n) is 19.3. The molecule has 1 fully saturated rings. The molecule has 0 amide bonds. The van der Waals surface area contributed by atoms with Crippen molar-refractivity contribution in [3.8, 4) is 17.4 Å². The predicted molar refractivity (Wildman–Crippen MR) is 135 cm³/mol. The lowest BCUT2D eigenvalue weighted by Gasteiger charge is -2.38. The van der Waals surface area contributed by atoms with Gasteiger partial charge in [-0.25, -0.2) is 4.98 Å². The fraction of sp³-hybridized carbons (Fsp3) is 0.321. The van der Waals surface area contributed by atoms with E-state index >= 15 is 0 Å². The lowest BCUT2D eigenvalue weighted by atomic mass is 9.84. The number of fused-ring (bicyclic) bond motifs is 2. The van der Waals surface area contributed by atoms with Crippen LogP contribution < -0.4 is 9.47 Å². The van der Waals surface area contributed by atoms with Crippen molar-refractivity contribution < 1.29 is 14.6 Å². The molecule has 3 aromatic rings. The third kappa shape index (κ3) is 4.56. The van der Waals surface area contributed by atoms with Crippen molar-refractivity contribution in [3.05, 3.63) is 88.6 Å². The molecule has 1 saturated heterocycles. The molecule has 5 rings (SSSR count). The molecule has 0 radical (unpaired) electrons. The third-order valence-corrected chi connectivity index (χ3v) is 7.23. The van der Waals surface area contributed by atoms with Crippen molar-refractivity contribution in [2.75, 3.05) is 26.7 Å². The molecule has 6 heteroatoms. The second kappa shape index (κ2) is 9.79. The number of hydrogen-bond donors (Lipinski definition) is 1. The van der Waals surface area contributed by atoms with Gasteiger partial charge >= 0.3 is 0 Å². The minimum absolute atomic E-state index is 0.628. The summed E-state index contributed by atoms with van der Waals surface area (Å²) in [7, 11) is 1.69. The summed E-state index contributed by atoms with van der Waals surface area (Å²) in [4.78, 5) is 6.89. The summed E-state index contributed by atoms with van der Waals surface area (Å²) in [6, 6.07) is 17.5. The fourth-order valence-corrected chi connectivity index (χ4v) is 5.28. The maximum absolute atomic E-state index is 11.2. The highest BCUT2D eigenvalue weighted by atomic mass is 35.5. The van der Waals surface area contributed by atoms with Gasteiger partial charge in [-0.05, 0) is 55.2 Å². The van der Waals surface area contributed by atoms with Crippen molar-refractivity contribution >= 4 is 17.2 Å². The largest absolute Gasteiger partial charge is 0.496 e. The number of piperidine rings is 1. The van der Waals surface area contributed by atoms with E-state index in [-0.39, 0.29) is 0 Å². The van der Waals surface area contributed by atoms with Crippen molar-refractivity contribution in [2.24, 2.45) is 0 Å². The number of halogens is 1. The molecule has 2 aliphatic rings. The maximum Gasteiger partial charge on any atom is 0.226 e. The van der Waals surface area contributed by atoms with Gasteiger partial charge in [-0.1, -0.05) is 41.9 Å². The van der Waals surface area contributed by atoms with Gasteiger partial charge in [0.25, 0.3) is 0 Å². The average Bonchev–Trinajstić information content (AvgIpc) is 3.02. The molecule has 0 atom stereocenters. The Kier molecular flexibility index (Phi) is 6.59. The summed E-state index contributed by atoms with van der Waals surface area (Å²) in [5, 5.41) is 11.8. The molecule has 2 aliphatic heterocycles. The van der Waals surface area contributed by atoms with Crippen LogP contribution in [0.5, 0.6) is 17.4 Å². The first-order valence-electron chi connectivity index (χ1n) is 11.8. The van der Waals surface area contributed by atoms with Crippen LogP contribution in [0.3, 0.4) is 0 Å². The Balaban J connectivity index is 1.29. The van der Waals surface area contributed by atoms with Gasteiger partial charge < -0.3 is 19.5 Å². The Morgan fingerprint density at radius 3 is 2.74 bits per heavy atom. The molecule has 34 heavy (non-hydrogen) atoms. The number of rotatable bonds is 5. The zero-order valence-corrected chi connectivity index (χ0v) is 20.1. The smallest absolute Gasteiger partial charge is 0.226 e. The Morgan fingerprint density at radius 2 is 1.94 bits per heavy atom. The highest BCUT2D eigenvalue weighted by Crippen LogP contribution is 2.41. The predicted octanol–water partition coefficient (Wildman–Crippen LogP) is 5.85. The van der Waals surface area contributed by atoms with E-state index in [9.17, 15) is 5.11 Å². The van der Waals surface area contributed by atoms with Crippen molar-refractivity contribution in [1.82, 2.24) is 9.88 Å². The highest BCUT2D eigenvalue weighted by molar-refractivity contribution is 6.31. The van der Waals surface area contributed by atoms with E-state index in [0.717, 1.165) is 60.7 Å². The Hall–Kier alpha value is -2.86. The van der Waals surface area contributed by atoms with Gasteiger partial charge in [-0.15, -0.1) is 0 Å². The zero-order chi connectivity index (χ0) is 23.5. The number of benzene rings is 2. The van der Waals surface area contributed by atoms with E-state index in [1.165, 1.54) is 5.57 Å². The molecular formula is C28H29ClN2O3. The lowest BCUT2D eigenvalue weighted by Crippen LogP contribution is -2.43. The van der Waals surface area contributed by atoms with E-state index in [1.54, 1.807) is 13.3 Å². The van der Waals surface area contributed by atoms with Crippen molar-refractivity contribution in [3.63, 3.8) is 0 Å². The molecule has 1 aromatic heterocycles. The van der Waals surface area contributed by atoms with Crippen molar-refractivity contribution in [1.29, 1.82) is 0 Å². The van der Waals surface area contributed by atoms with E-state index in [1.807, 2.05) is 48.5 Å². The highest BCUT2D eigenvalue weighted by Gasteiger charge is 2.35. The summed E-state index contributed by atoms with van der Waals surface area (Å²) in [5.74, 6) is 2.24. The molecular weight excluding hydrogens is 448 g/mol. The minimum atomic E-state index is -0.850. The number of nitrogens with zero attached hydrogens (tertiary/aromatic N) is 2. The van der Waals surface area contributed by atoms with Gasteiger partial charge in [0, 0.05) is 54.0 Å². The van der Waals surface area contributed by atoms with Crippen LogP contribution in [-0.2, 0) is 12.0 Å².